The molecule has 1 aromatic heterocycles. The van der Waals surface area contributed by atoms with Gasteiger partial charge < -0.3 is 19.1 Å². The van der Waals surface area contributed by atoms with E-state index >= 15 is 0 Å². The number of hydrogen-bond donors (Lipinski definition) is 1. The highest BCUT2D eigenvalue weighted by Gasteiger charge is 2.48. The van der Waals surface area contributed by atoms with E-state index in [0.29, 0.717) is 22.0 Å². The Balaban J connectivity index is 1.83. The van der Waals surface area contributed by atoms with Crippen molar-refractivity contribution in [1.82, 2.24) is 4.57 Å². The van der Waals surface area contributed by atoms with Crippen LogP contribution in [0.25, 0.3) is 16.7 Å². The van der Waals surface area contributed by atoms with Crippen LogP contribution in [0.15, 0.2) is 72.4 Å². The Labute approximate surface area is 223 Å². The number of aryl methyl sites for hydroxylation is 1. The zero-order valence-electron chi connectivity index (χ0n) is 20.2. The third-order valence-corrected chi connectivity index (χ3v) is 7.01. The molecule has 1 amide bonds. The van der Waals surface area contributed by atoms with Crippen LogP contribution in [0.4, 0.5) is 5.69 Å². The van der Waals surface area contributed by atoms with Gasteiger partial charge in [-0.1, -0.05) is 47.5 Å². The number of benzene rings is 3. The number of carbonyl (C=O) groups is 2. The lowest BCUT2D eigenvalue weighted by atomic mass is 9.94. The molecule has 1 fully saturated rings. The molecular formula is C28H22Cl2N2O5. The molecule has 1 saturated heterocycles. The first kappa shape index (κ1) is 24.7. The van der Waals surface area contributed by atoms with E-state index in [0.717, 1.165) is 10.9 Å². The minimum atomic E-state index is -0.949. The van der Waals surface area contributed by atoms with Crippen LogP contribution >= 0.6 is 23.2 Å². The number of ketones is 1. The van der Waals surface area contributed by atoms with Gasteiger partial charge in [-0.2, -0.15) is 0 Å². The number of Topliss-reactive ketones (excluding diaryl/α,β-unsaturated/α-hetero) is 1. The maximum Gasteiger partial charge on any atom is 0.300 e. The molecule has 1 atom stereocenters. The largest absolute Gasteiger partial charge is 0.507 e. The Kier molecular flexibility index (Phi) is 6.35. The first-order chi connectivity index (χ1) is 17.8. The molecule has 37 heavy (non-hydrogen) atoms. The van der Waals surface area contributed by atoms with E-state index in [4.69, 9.17) is 32.7 Å². The minimum Gasteiger partial charge on any atom is -0.507 e. The van der Waals surface area contributed by atoms with E-state index in [1.807, 2.05) is 42.1 Å². The lowest BCUT2D eigenvalue weighted by molar-refractivity contribution is -0.132. The topological polar surface area (TPSA) is 81.0 Å². The number of para-hydroxylation sites is 1. The number of halogens is 2. The second-order valence-corrected chi connectivity index (χ2v) is 9.39. The summed E-state index contributed by atoms with van der Waals surface area (Å²) >= 11 is 12.6. The van der Waals surface area contributed by atoms with E-state index in [9.17, 15) is 14.7 Å². The molecule has 0 bridgehead atoms. The molecule has 4 aromatic rings. The summed E-state index contributed by atoms with van der Waals surface area (Å²) in [7, 11) is 4.76. The van der Waals surface area contributed by atoms with Crippen LogP contribution in [0.3, 0.4) is 0 Å². The molecule has 1 aliphatic rings. The van der Waals surface area contributed by atoms with Crippen LogP contribution in [-0.2, 0) is 16.6 Å². The number of ether oxygens (including phenoxy) is 2. The predicted octanol–water partition coefficient (Wildman–Crippen LogP) is 6.13. The van der Waals surface area contributed by atoms with Gasteiger partial charge in [0.1, 0.15) is 17.3 Å². The molecule has 188 valence electrons. The Hall–Kier alpha value is -3.94. The highest BCUT2D eigenvalue weighted by atomic mass is 35.5. The fraction of sp³-hybridized carbons (Fsp3) is 0.143. The Morgan fingerprint density at radius 2 is 1.68 bits per heavy atom. The summed E-state index contributed by atoms with van der Waals surface area (Å²) in [5, 5.41) is 13.0. The average molecular weight is 537 g/mol. The monoisotopic (exact) mass is 536 g/mol. The number of aliphatic hydroxyl groups is 1. The summed E-state index contributed by atoms with van der Waals surface area (Å²) < 4.78 is 12.6. The second kappa shape index (κ2) is 9.50. The molecule has 1 unspecified atom stereocenters. The predicted molar refractivity (Wildman–Crippen MR) is 144 cm³/mol. The Bertz CT molecular complexity index is 1610. The summed E-state index contributed by atoms with van der Waals surface area (Å²) in [5.74, 6) is -1.49. The number of nitrogens with zero attached hydrogens (tertiary/aromatic N) is 2. The average Bonchev–Trinajstić information content (AvgIpc) is 3.36. The fourth-order valence-electron chi connectivity index (χ4n) is 4.80. The van der Waals surface area contributed by atoms with Crippen LogP contribution < -0.4 is 14.4 Å². The number of rotatable bonds is 5. The first-order valence-electron chi connectivity index (χ1n) is 11.3. The van der Waals surface area contributed by atoms with Crippen LogP contribution in [0.1, 0.15) is 17.2 Å². The van der Waals surface area contributed by atoms with Gasteiger partial charge in [0.15, 0.2) is 0 Å². The normalized spacial score (nSPS) is 17.0. The summed E-state index contributed by atoms with van der Waals surface area (Å²) in [5.41, 5.74) is 2.05. The number of anilines is 1. The van der Waals surface area contributed by atoms with E-state index < -0.39 is 23.5 Å². The minimum absolute atomic E-state index is 0.0964. The molecule has 1 aliphatic heterocycles. The zero-order chi connectivity index (χ0) is 26.4. The number of aliphatic hydroxyl groups excluding tert-OH is 1. The van der Waals surface area contributed by atoms with Crippen molar-refractivity contribution in [2.45, 2.75) is 6.04 Å². The third-order valence-electron chi connectivity index (χ3n) is 6.48. The summed E-state index contributed by atoms with van der Waals surface area (Å²) in [4.78, 5) is 28.5. The molecular weight excluding hydrogens is 515 g/mol. The molecule has 0 radical (unpaired) electrons. The van der Waals surface area contributed by atoms with Crippen molar-refractivity contribution in [2.75, 3.05) is 19.1 Å². The lowest BCUT2D eigenvalue weighted by Crippen LogP contribution is -2.29. The standard InChI is InChI=1S/C28H22Cl2N2O5/c1-31-14-19(17-9-4-5-10-21(17)31)25-24(26(33)18-12-20(30)23(37-3)13-22(18)36-2)27(34)28(35)32(25)16-8-6-7-15(29)11-16/h4-14,25,33H,1-3H3/b26-24+. The number of carbonyl (C=O) groups excluding carboxylic acids is 2. The highest BCUT2D eigenvalue weighted by molar-refractivity contribution is 6.52. The summed E-state index contributed by atoms with van der Waals surface area (Å²) in [6.07, 6.45) is 1.85. The van der Waals surface area contributed by atoms with E-state index in [1.165, 1.54) is 31.3 Å². The van der Waals surface area contributed by atoms with Crippen molar-refractivity contribution >= 4 is 57.2 Å². The van der Waals surface area contributed by atoms with Crippen molar-refractivity contribution in [3.63, 3.8) is 0 Å². The first-order valence-corrected chi connectivity index (χ1v) is 12.0. The van der Waals surface area contributed by atoms with Gasteiger partial charge in [0.2, 0.25) is 0 Å². The van der Waals surface area contributed by atoms with E-state index in [-0.39, 0.29) is 21.9 Å². The summed E-state index contributed by atoms with van der Waals surface area (Å²) in [6, 6.07) is 16.3. The van der Waals surface area contributed by atoms with Crippen molar-refractivity contribution in [3.05, 3.63) is 93.6 Å². The lowest BCUT2D eigenvalue weighted by Gasteiger charge is -2.25. The van der Waals surface area contributed by atoms with Crippen molar-refractivity contribution in [3.8, 4) is 11.5 Å². The molecule has 7 nitrogen and oxygen atoms in total. The molecule has 0 saturated carbocycles. The van der Waals surface area contributed by atoms with Crippen LogP contribution in [-0.4, -0.2) is 35.6 Å². The van der Waals surface area contributed by atoms with Crippen molar-refractivity contribution < 1.29 is 24.2 Å². The highest BCUT2D eigenvalue weighted by Crippen LogP contribution is 2.46. The number of fused-ring (bicyclic) bond motifs is 1. The van der Waals surface area contributed by atoms with Crippen LogP contribution in [0.5, 0.6) is 11.5 Å². The van der Waals surface area contributed by atoms with Gasteiger partial charge in [0.05, 0.1) is 36.4 Å². The number of methoxy groups -OCH3 is 2. The smallest absolute Gasteiger partial charge is 0.300 e. The van der Waals surface area contributed by atoms with Gasteiger partial charge in [-0.05, 0) is 30.3 Å². The van der Waals surface area contributed by atoms with Gasteiger partial charge in [-0.15, -0.1) is 0 Å². The number of amides is 1. The van der Waals surface area contributed by atoms with Crippen LogP contribution in [0.2, 0.25) is 10.0 Å². The fourth-order valence-corrected chi connectivity index (χ4v) is 5.23. The number of aromatic nitrogens is 1. The molecule has 0 spiro atoms. The SMILES string of the molecule is COc1cc(OC)c(/C(O)=C2\C(=O)C(=O)N(c3cccc(Cl)c3)C2c2cn(C)c3ccccc23)cc1Cl. The quantitative estimate of drug-likeness (QED) is 0.188. The number of hydrogen-bond acceptors (Lipinski definition) is 5. The van der Waals surface area contributed by atoms with Gasteiger partial charge >= 0.3 is 0 Å². The van der Waals surface area contributed by atoms with Gasteiger partial charge in [0.25, 0.3) is 11.7 Å². The van der Waals surface area contributed by atoms with E-state index in [2.05, 4.69) is 0 Å². The van der Waals surface area contributed by atoms with Gasteiger partial charge in [-0.25, -0.2) is 0 Å². The Morgan fingerprint density at radius 3 is 2.38 bits per heavy atom. The molecule has 5 rings (SSSR count). The molecule has 2 heterocycles. The molecule has 0 aliphatic carbocycles. The third kappa shape index (κ3) is 4.00. The van der Waals surface area contributed by atoms with E-state index in [1.54, 1.807) is 24.3 Å². The summed E-state index contributed by atoms with van der Waals surface area (Å²) in [6.45, 7) is 0. The van der Waals surface area contributed by atoms with Crippen molar-refractivity contribution in [2.24, 2.45) is 7.05 Å². The maximum absolute atomic E-state index is 13.6. The molecule has 9 heteroatoms. The maximum atomic E-state index is 13.6. The molecule has 3 aromatic carbocycles. The molecule has 1 N–H and O–H groups in total. The second-order valence-electron chi connectivity index (χ2n) is 8.55. The van der Waals surface area contributed by atoms with Crippen LogP contribution in [0, 0.1) is 0 Å². The van der Waals surface area contributed by atoms with Gasteiger partial charge in [-0.3, -0.25) is 14.5 Å². The van der Waals surface area contributed by atoms with Gasteiger partial charge in [0, 0.05) is 46.5 Å². The van der Waals surface area contributed by atoms with Crippen molar-refractivity contribution in [1.29, 1.82) is 0 Å². The Morgan fingerprint density at radius 1 is 0.946 bits per heavy atom. The zero-order valence-corrected chi connectivity index (χ0v) is 21.7.